The van der Waals surface area contributed by atoms with Crippen LogP contribution in [-0.2, 0) is 19.4 Å². The molecule has 0 saturated heterocycles. The summed E-state index contributed by atoms with van der Waals surface area (Å²) < 4.78 is 32.9. The smallest absolute Gasteiger partial charge is 0.323 e. The summed E-state index contributed by atoms with van der Waals surface area (Å²) in [6.07, 6.45) is 1.42. The minimum Gasteiger partial charge on any atom is -0.493 e. The normalized spacial score (nSPS) is 12.8. The average Bonchev–Trinajstić information content (AvgIpc) is 2.38. The van der Waals surface area contributed by atoms with Gasteiger partial charge < -0.3 is 15.2 Å². The highest BCUT2D eigenvalue weighted by Crippen LogP contribution is 2.17. The molecular weight excluding hydrogens is 282 g/mol. The van der Waals surface area contributed by atoms with Crippen molar-refractivity contribution in [2.45, 2.75) is 24.3 Å². The quantitative estimate of drug-likeness (QED) is 0.747. The Labute approximate surface area is 118 Å². The highest BCUT2D eigenvalue weighted by molar-refractivity contribution is 7.90. The zero-order valence-electron chi connectivity index (χ0n) is 11.5. The third kappa shape index (κ3) is 5.18. The number of hydrogen-bond acceptors (Lipinski definition) is 6. The van der Waals surface area contributed by atoms with Gasteiger partial charge in [0, 0.05) is 12.7 Å². The lowest BCUT2D eigenvalue weighted by Crippen LogP contribution is -2.33. The summed E-state index contributed by atoms with van der Waals surface area (Å²) in [5.74, 6) is -0.0510. The Morgan fingerprint density at radius 3 is 2.70 bits per heavy atom. The van der Waals surface area contributed by atoms with Crippen molar-refractivity contribution in [3.05, 3.63) is 24.3 Å². The van der Waals surface area contributed by atoms with E-state index in [2.05, 4.69) is 0 Å². The number of ether oxygens (including phenoxy) is 2. The largest absolute Gasteiger partial charge is 0.493 e. The van der Waals surface area contributed by atoms with Gasteiger partial charge in [-0.05, 0) is 25.1 Å². The van der Waals surface area contributed by atoms with Crippen LogP contribution in [0.4, 0.5) is 0 Å². The zero-order valence-corrected chi connectivity index (χ0v) is 12.4. The van der Waals surface area contributed by atoms with Crippen molar-refractivity contribution < 1.29 is 22.7 Å². The fourth-order valence-corrected chi connectivity index (χ4v) is 2.12. The topological polar surface area (TPSA) is 95.7 Å². The number of sulfone groups is 1. The van der Waals surface area contributed by atoms with E-state index in [-0.39, 0.29) is 18.1 Å². The Kier molecular flexibility index (Phi) is 5.97. The third-order valence-corrected chi connectivity index (χ3v) is 3.63. The predicted molar refractivity (Wildman–Crippen MR) is 74.3 cm³/mol. The Morgan fingerprint density at radius 2 is 2.10 bits per heavy atom. The highest BCUT2D eigenvalue weighted by Gasteiger charge is 2.14. The standard InChI is InChI=1S/C13H19NO5S/c1-3-18-13(15)12(14)7-8-19-10-5-4-6-11(9-10)20(2,16)17/h4-6,9,12H,3,7-8,14H2,1-2H3. The molecule has 6 nitrogen and oxygen atoms in total. The molecule has 0 radical (unpaired) electrons. The van der Waals surface area contributed by atoms with Gasteiger partial charge in [0.15, 0.2) is 9.84 Å². The van der Waals surface area contributed by atoms with Crippen LogP contribution in [0.5, 0.6) is 5.75 Å². The van der Waals surface area contributed by atoms with Crippen molar-refractivity contribution in [3.63, 3.8) is 0 Å². The molecule has 0 heterocycles. The van der Waals surface area contributed by atoms with Crippen LogP contribution in [0.3, 0.4) is 0 Å². The number of benzene rings is 1. The van der Waals surface area contributed by atoms with Crippen LogP contribution in [0.25, 0.3) is 0 Å². The SMILES string of the molecule is CCOC(=O)C(N)CCOc1cccc(S(C)(=O)=O)c1. The molecule has 112 valence electrons. The first-order chi connectivity index (χ1) is 9.34. The fraction of sp³-hybridized carbons (Fsp3) is 0.462. The van der Waals surface area contributed by atoms with Gasteiger partial charge in [-0.15, -0.1) is 0 Å². The Bertz CT molecular complexity index is 556. The van der Waals surface area contributed by atoms with Crippen molar-refractivity contribution in [3.8, 4) is 5.75 Å². The summed E-state index contributed by atoms with van der Waals surface area (Å²) in [7, 11) is -3.27. The molecule has 0 aromatic heterocycles. The average molecular weight is 301 g/mol. The second-order valence-corrected chi connectivity index (χ2v) is 6.26. The molecule has 0 spiro atoms. The highest BCUT2D eigenvalue weighted by atomic mass is 32.2. The van der Waals surface area contributed by atoms with E-state index in [1.807, 2.05) is 0 Å². The van der Waals surface area contributed by atoms with Crippen LogP contribution in [0.15, 0.2) is 29.2 Å². The molecule has 1 aromatic rings. The monoisotopic (exact) mass is 301 g/mol. The van der Waals surface area contributed by atoms with Crippen LogP contribution in [-0.4, -0.2) is 39.9 Å². The van der Waals surface area contributed by atoms with Gasteiger partial charge in [-0.3, -0.25) is 4.79 Å². The first kappa shape index (κ1) is 16.5. The van der Waals surface area contributed by atoms with Crippen LogP contribution in [0.1, 0.15) is 13.3 Å². The number of hydrogen-bond donors (Lipinski definition) is 1. The maximum atomic E-state index is 11.4. The van der Waals surface area contributed by atoms with Crippen LogP contribution in [0, 0.1) is 0 Å². The number of carbonyl (C=O) groups excluding carboxylic acids is 1. The summed E-state index contributed by atoms with van der Waals surface area (Å²) in [4.78, 5) is 11.5. The number of esters is 1. The molecule has 0 aliphatic carbocycles. The Morgan fingerprint density at radius 1 is 1.40 bits per heavy atom. The van der Waals surface area contributed by atoms with Crippen molar-refractivity contribution >= 4 is 15.8 Å². The van der Waals surface area contributed by atoms with Crippen molar-refractivity contribution in [1.29, 1.82) is 0 Å². The van der Waals surface area contributed by atoms with Crippen LogP contribution in [0.2, 0.25) is 0 Å². The van der Waals surface area contributed by atoms with E-state index < -0.39 is 21.8 Å². The zero-order chi connectivity index (χ0) is 15.2. The Balaban J connectivity index is 2.53. The van der Waals surface area contributed by atoms with Gasteiger partial charge in [0.1, 0.15) is 11.8 Å². The summed E-state index contributed by atoms with van der Waals surface area (Å²) in [6, 6.07) is 5.42. The second kappa shape index (κ2) is 7.25. The molecule has 0 saturated carbocycles. The van der Waals surface area contributed by atoms with Gasteiger partial charge in [-0.1, -0.05) is 6.07 Å². The van der Waals surface area contributed by atoms with Gasteiger partial charge in [0.25, 0.3) is 0 Å². The van der Waals surface area contributed by atoms with Gasteiger partial charge >= 0.3 is 5.97 Å². The number of nitrogens with two attached hydrogens (primary N) is 1. The molecule has 20 heavy (non-hydrogen) atoms. The van der Waals surface area contributed by atoms with Gasteiger partial charge in [-0.25, -0.2) is 8.42 Å². The predicted octanol–water partition coefficient (Wildman–Crippen LogP) is 0.749. The molecular formula is C13H19NO5S. The summed E-state index contributed by atoms with van der Waals surface area (Å²) in [5.41, 5.74) is 5.62. The molecule has 1 unspecified atom stereocenters. The van der Waals surface area contributed by atoms with E-state index in [1.165, 1.54) is 12.1 Å². The molecule has 0 amide bonds. The van der Waals surface area contributed by atoms with Crippen molar-refractivity contribution in [2.75, 3.05) is 19.5 Å². The van der Waals surface area contributed by atoms with E-state index in [1.54, 1.807) is 19.1 Å². The fourth-order valence-electron chi connectivity index (χ4n) is 1.47. The lowest BCUT2D eigenvalue weighted by molar-refractivity contribution is -0.145. The maximum Gasteiger partial charge on any atom is 0.323 e. The summed E-state index contributed by atoms with van der Waals surface area (Å²) >= 11 is 0. The number of carbonyl (C=O) groups is 1. The second-order valence-electron chi connectivity index (χ2n) is 4.24. The number of rotatable bonds is 7. The van der Waals surface area contributed by atoms with E-state index in [0.29, 0.717) is 12.2 Å². The van der Waals surface area contributed by atoms with E-state index in [0.717, 1.165) is 6.26 Å². The molecule has 0 aliphatic heterocycles. The molecule has 0 fully saturated rings. The Hall–Kier alpha value is -1.60. The molecule has 7 heteroatoms. The van der Waals surface area contributed by atoms with Gasteiger partial charge in [-0.2, -0.15) is 0 Å². The van der Waals surface area contributed by atoms with E-state index in [9.17, 15) is 13.2 Å². The minimum absolute atomic E-state index is 0.185. The van der Waals surface area contributed by atoms with Crippen LogP contribution < -0.4 is 10.5 Å². The van der Waals surface area contributed by atoms with Crippen LogP contribution >= 0.6 is 0 Å². The first-order valence-corrected chi connectivity index (χ1v) is 8.09. The maximum absolute atomic E-state index is 11.4. The lowest BCUT2D eigenvalue weighted by Gasteiger charge is -2.11. The lowest BCUT2D eigenvalue weighted by atomic mass is 10.2. The first-order valence-electron chi connectivity index (χ1n) is 6.19. The van der Waals surface area contributed by atoms with Crippen molar-refractivity contribution in [1.82, 2.24) is 0 Å². The van der Waals surface area contributed by atoms with Gasteiger partial charge in [0.05, 0.1) is 18.1 Å². The minimum atomic E-state index is -3.27. The van der Waals surface area contributed by atoms with Gasteiger partial charge in [0.2, 0.25) is 0 Å². The van der Waals surface area contributed by atoms with Crippen molar-refractivity contribution in [2.24, 2.45) is 5.73 Å². The summed E-state index contributed by atoms with van der Waals surface area (Å²) in [6.45, 7) is 2.19. The van der Waals surface area contributed by atoms with E-state index >= 15 is 0 Å². The molecule has 1 aromatic carbocycles. The third-order valence-electron chi connectivity index (χ3n) is 2.52. The molecule has 0 bridgehead atoms. The molecule has 1 atom stereocenters. The molecule has 2 N–H and O–H groups in total. The molecule has 1 rings (SSSR count). The summed E-state index contributed by atoms with van der Waals surface area (Å²) in [5, 5.41) is 0. The van der Waals surface area contributed by atoms with E-state index in [4.69, 9.17) is 15.2 Å². The molecule has 0 aliphatic rings.